The van der Waals surface area contributed by atoms with Gasteiger partial charge in [0.1, 0.15) is 0 Å². The van der Waals surface area contributed by atoms with Crippen molar-refractivity contribution in [3.63, 3.8) is 0 Å². The van der Waals surface area contributed by atoms with Crippen molar-refractivity contribution in [1.82, 2.24) is 9.29 Å². The maximum Gasteiger partial charge on any atom is 0.257 e. The highest BCUT2D eigenvalue weighted by Gasteiger charge is 2.32. The predicted molar refractivity (Wildman–Crippen MR) is 126 cm³/mol. The van der Waals surface area contributed by atoms with Gasteiger partial charge in [0.05, 0.1) is 15.1 Å². The number of hydrogen-bond acceptors (Lipinski definition) is 5. The number of nitrogens with zero attached hydrogens (tertiary/aromatic N) is 2. The summed E-state index contributed by atoms with van der Waals surface area (Å²) in [6, 6.07) is 9.83. The molecule has 31 heavy (non-hydrogen) atoms. The molecule has 1 unspecified atom stereocenters. The first-order valence-electron chi connectivity index (χ1n) is 10.3. The number of aromatic nitrogens is 1. The van der Waals surface area contributed by atoms with E-state index in [4.69, 9.17) is 11.6 Å². The molecule has 0 bridgehead atoms. The molecule has 9 heteroatoms. The highest BCUT2D eigenvalue weighted by Crippen LogP contribution is 2.32. The summed E-state index contributed by atoms with van der Waals surface area (Å²) in [7, 11) is -3.57. The van der Waals surface area contributed by atoms with Crippen molar-refractivity contribution >= 4 is 54.2 Å². The fraction of sp³-hybridized carbons (Fsp3) is 0.364. The molecule has 4 rings (SSSR count). The highest BCUT2D eigenvalue weighted by molar-refractivity contribution is 7.89. The third kappa shape index (κ3) is 4.35. The number of sulfonamides is 1. The summed E-state index contributed by atoms with van der Waals surface area (Å²) in [6.45, 7) is 4.45. The van der Waals surface area contributed by atoms with Crippen LogP contribution in [0.5, 0.6) is 0 Å². The molecule has 1 aliphatic rings. The number of carbonyl (C=O) groups excluding carboxylic acids is 1. The molecule has 1 atom stereocenters. The van der Waals surface area contributed by atoms with E-state index in [9.17, 15) is 13.2 Å². The van der Waals surface area contributed by atoms with Crippen LogP contribution in [0.25, 0.3) is 10.2 Å². The number of hydrogen-bond donors (Lipinski definition) is 1. The number of rotatable bonds is 5. The quantitative estimate of drug-likeness (QED) is 0.528. The number of nitrogens with one attached hydrogen (secondary N) is 1. The normalized spacial score (nSPS) is 17.7. The average molecular weight is 478 g/mol. The van der Waals surface area contributed by atoms with Gasteiger partial charge in [-0.15, -0.1) is 0 Å². The fourth-order valence-electron chi connectivity index (χ4n) is 3.94. The summed E-state index contributed by atoms with van der Waals surface area (Å²) in [6.07, 6.45) is 3.62. The zero-order valence-electron chi connectivity index (χ0n) is 17.4. The van der Waals surface area contributed by atoms with E-state index in [1.54, 1.807) is 16.4 Å². The Morgan fingerprint density at radius 1 is 1.23 bits per heavy atom. The van der Waals surface area contributed by atoms with E-state index in [2.05, 4.69) is 10.3 Å². The first-order chi connectivity index (χ1) is 14.8. The van der Waals surface area contributed by atoms with E-state index < -0.39 is 10.0 Å². The van der Waals surface area contributed by atoms with E-state index in [-0.39, 0.29) is 16.8 Å². The van der Waals surface area contributed by atoms with Crippen LogP contribution >= 0.6 is 22.9 Å². The second-order valence-corrected chi connectivity index (χ2v) is 11.0. The van der Waals surface area contributed by atoms with E-state index in [0.717, 1.165) is 41.5 Å². The number of amides is 1. The van der Waals surface area contributed by atoms with Gasteiger partial charge in [-0.25, -0.2) is 13.4 Å². The predicted octanol–water partition coefficient (Wildman–Crippen LogP) is 5.46. The van der Waals surface area contributed by atoms with Crippen molar-refractivity contribution in [3.8, 4) is 0 Å². The van der Waals surface area contributed by atoms with Crippen molar-refractivity contribution < 1.29 is 13.2 Å². The zero-order valence-corrected chi connectivity index (χ0v) is 19.8. The minimum Gasteiger partial charge on any atom is -0.298 e. The van der Waals surface area contributed by atoms with Crippen molar-refractivity contribution in [2.24, 2.45) is 0 Å². The Hall–Kier alpha value is -2.00. The minimum atomic E-state index is -3.57. The van der Waals surface area contributed by atoms with Gasteiger partial charge in [-0.1, -0.05) is 36.3 Å². The van der Waals surface area contributed by atoms with E-state index >= 15 is 0 Å². The Bertz CT molecular complexity index is 1220. The molecule has 2 heterocycles. The lowest BCUT2D eigenvalue weighted by Gasteiger charge is -2.34. The fourth-order valence-corrected chi connectivity index (χ4v) is 6.78. The van der Waals surface area contributed by atoms with Gasteiger partial charge in [0.15, 0.2) is 5.13 Å². The summed E-state index contributed by atoms with van der Waals surface area (Å²) in [5.41, 5.74) is 2.01. The number of carbonyl (C=O) groups is 1. The van der Waals surface area contributed by atoms with Crippen LogP contribution in [0.15, 0.2) is 41.3 Å². The van der Waals surface area contributed by atoms with Crippen LogP contribution in [-0.2, 0) is 10.0 Å². The van der Waals surface area contributed by atoms with Gasteiger partial charge in [0.25, 0.3) is 5.91 Å². The van der Waals surface area contributed by atoms with Gasteiger partial charge in [0, 0.05) is 23.2 Å². The third-order valence-electron chi connectivity index (χ3n) is 5.74. The number of benzene rings is 2. The van der Waals surface area contributed by atoms with Crippen molar-refractivity contribution in [2.45, 2.75) is 50.5 Å². The lowest BCUT2D eigenvalue weighted by molar-refractivity contribution is 0.102. The van der Waals surface area contributed by atoms with Gasteiger partial charge in [-0.05, 0) is 68.1 Å². The van der Waals surface area contributed by atoms with Crippen LogP contribution in [0, 0.1) is 6.92 Å². The Morgan fingerprint density at radius 2 is 1.97 bits per heavy atom. The largest absolute Gasteiger partial charge is 0.298 e. The summed E-state index contributed by atoms with van der Waals surface area (Å²) in [5.74, 6) is -0.337. The van der Waals surface area contributed by atoms with Crippen LogP contribution in [-0.4, -0.2) is 36.2 Å². The van der Waals surface area contributed by atoms with Crippen LogP contribution in [0.4, 0.5) is 5.13 Å². The number of fused-ring (bicyclic) bond motifs is 1. The average Bonchev–Trinajstić information content (AvgIpc) is 3.19. The molecule has 3 aromatic rings. The van der Waals surface area contributed by atoms with Crippen LogP contribution in [0.3, 0.4) is 0 Å². The maximum absolute atomic E-state index is 13.1. The van der Waals surface area contributed by atoms with E-state index in [0.29, 0.717) is 22.3 Å². The number of thiazole rings is 1. The summed E-state index contributed by atoms with van der Waals surface area (Å²) in [5, 5.41) is 3.90. The van der Waals surface area contributed by atoms with Crippen molar-refractivity contribution in [1.29, 1.82) is 0 Å². The summed E-state index contributed by atoms with van der Waals surface area (Å²) < 4.78 is 28.7. The summed E-state index contributed by atoms with van der Waals surface area (Å²) in [4.78, 5) is 17.4. The topological polar surface area (TPSA) is 79.4 Å². The second kappa shape index (κ2) is 8.86. The lowest BCUT2D eigenvalue weighted by Crippen LogP contribution is -2.43. The molecule has 0 spiro atoms. The Labute approximate surface area is 191 Å². The smallest absolute Gasteiger partial charge is 0.257 e. The number of aryl methyl sites for hydroxylation is 1. The molecule has 1 fully saturated rings. The standard InChI is InChI=1S/C22H24ClN3O3S2/c1-3-16-6-4-5-13-26(16)31(28,29)17-9-7-15(8-10-17)21(27)25-22-24-20-14(2)18(23)11-12-19(20)30-22/h7-12,16H,3-6,13H2,1-2H3,(H,24,25,27). The third-order valence-corrected chi connectivity index (χ3v) is 9.05. The van der Waals surface area contributed by atoms with Crippen molar-refractivity contribution in [2.75, 3.05) is 11.9 Å². The van der Waals surface area contributed by atoms with Gasteiger partial charge in [-0.2, -0.15) is 4.31 Å². The number of piperidine rings is 1. The molecule has 0 aliphatic carbocycles. The Balaban J connectivity index is 1.52. The molecule has 1 aromatic heterocycles. The molecule has 1 N–H and O–H groups in total. The molecular weight excluding hydrogens is 454 g/mol. The Morgan fingerprint density at radius 3 is 2.68 bits per heavy atom. The van der Waals surface area contributed by atoms with Gasteiger partial charge in [-0.3, -0.25) is 10.1 Å². The molecular formula is C22H24ClN3O3S2. The highest BCUT2D eigenvalue weighted by atomic mass is 35.5. The molecule has 1 amide bonds. The second-order valence-electron chi connectivity index (χ2n) is 7.69. The zero-order chi connectivity index (χ0) is 22.2. The Kier molecular flexibility index (Phi) is 6.35. The summed E-state index contributed by atoms with van der Waals surface area (Å²) >= 11 is 7.52. The minimum absolute atomic E-state index is 0.0396. The van der Waals surface area contributed by atoms with Gasteiger partial charge >= 0.3 is 0 Å². The lowest BCUT2D eigenvalue weighted by atomic mass is 10.0. The monoisotopic (exact) mass is 477 g/mol. The molecule has 2 aromatic carbocycles. The number of anilines is 1. The molecule has 1 saturated heterocycles. The number of halogens is 1. The van der Waals surface area contributed by atoms with Crippen LogP contribution in [0.2, 0.25) is 5.02 Å². The van der Waals surface area contributed by atoms with Gasteiger partial charge < -0.3 is 0 Å². The first kappa shape index (κ1) is 22.2. The molecule has 0 radical (unpaired) electrons. The molecule has 164 valence electrons. The van der Waals surface area contributed by atoms with Gasteiger partial charge in [0.2, 0.25) is 10.0 Å². The first-order valence-corrected chi connectivity index (χ1v) is 12.9. The van der Waals surface area contributed by atoms with Crippen LogP contribution in [0.1, 0.15) is 48.5 Å². The van der Waals surface area contributed by atoms with E-state index in [1.807, 2.05) is 26.0 Å². The SMILES string of the molecule is CCC1CCCCN1S(=O)(=O)c1ccc(C(=O)Nc2nc3c(C)c(Cl)ccc3s2)cc1. The maximum atomic E-state index is 13.1. The molecule has 0 saturated carbocycles. The molecule has 1 aliphatic heterocycles. The molecule has 6 nitrogen and oxygen atoms in total. The van der Waals surface area contributed by atoms with Crippen LogP contribution < -0.4 is 5.32 Å². The van der Waals surface area contributed by atoms with Crippen molar-refractivity contribution in [3.05, 3.63) is 52.5 Å². The van der Waals surface area contributed by atoms with E-state index in [1.165, 1.54) is 23.5 Å².